The number of aliphatic carboxylic acids is 1. The number of nitrogens with zero attached hydrogens (tertiary/aromatic N) is 3. The molecule has 0 unspecified atom stereocenters. The van der Waals surface area contributed by atoms with E-state index in [9.17, 15) is 29.6 Å². The van der Waals surface area contributed by atoms with Crippen molar-refractivity contribution >= 4 is 17.6 Å². The molecule has 3 rings (SSSR count). The van der Waals surface area contributed by atoms with Gasteiger partial charge in [0.05, 0.1) is 17.0 Å². The first-order valence-corrected chi connectivity index (χ1v) is 8.27. The van der Waals surface area contributed by atoms with Crippen LogP contribution in [-0.2, 0) is 16.1 Å². The van der Waals surface area contributed by atoms with Crippen LogP contribution < -0.4 is 5.56 Å². The van der Waals surface area contributed by atoms with E-state index in [1.165, 1.54) is 4.90 Å². The maximum atomic E-state index is 12.6. The van der Waals surface area contributed by atoms with Crippen LogP contribution in [0.4, 0.5) is 5.69 Å². The lowest BCUT2D eigenvalue weighted by molar-refractivity contribution is -0.385. The van der Waals surface area contributed by atoms with Crippen LogP contribution in [0.25, 0.3) is 0 Å². The molecule has 0 bridgehead atoms. The molecule has 27 heavy (non-hydrogen) atoms. The van der Waals surface area contributed by atoms with E-state index in [0.29, 0.717) is 0 Å². The molecule has 0 spiro atoms. The van der Waals surface area contributed by atoms with Crippen molar-refractivity contribution in [1.82, 2.24) is 9.47 Å². The lowest BCUT2D eigenvalue weighted by Gasteiger charge is -2.17. The van der Waals surface area contributed by atoms with Gasteiger partial charge in [0.15, 0.2) is 0 Å². The van der Waals surface area contributed by atoms with Crippen LogP contribution in [-0.4, -0.2) is 44.5 Å². The molecule has 2 aromatic rings. The summed E-state index contributed by atoms with van der Waals surface area (Å²) >= 11 is 0. The number of carbonyl (C=O) groups is 2. The fraction of sp³-hybridized carbons (Fsp3) is 0.278. The maximum Gasteiger partial charge on any atom is 0.308 e. The highest BCUT2D eigenvalue weighted by Gasteiger charge is 2.40. The van der Waals surface area contributed by atoms with Gasteiger partial charge in [-0.25, -0.2) is 0 Å². The third-order valence-corrected chi connectivity index (χ3v) is 4.70. The van der Waals surface area contributed by atoms with Crippen LogP contribution in [0.2, 0.25) is 0 Å². The fourth-order valence-electron chi connectivity index (χ4n) is 3.29. The number of benzene rings is 1. The van der Waals surface area contributed by atoms with Crippen molar-refractivity contribution < 1.29 is 19.6 Å². The zero-order valence-corrected chi connectivity index (χ0v) is 14.2. The number of pyridine rings is 1. The number of hydrogen-bond acceptors (Lipinski definition) is 5. The van der Waals surface area contributed by atoms with E-state index in [2.05, 4.69) is 0 Å². The van der Waals surface area contributed by atoms with Gasteiger partial charge in [-0.1, -0.05) is 30.3 Å². The number of rotatable bonds is 5. The minimum absolute atomic E-state index is 0.0252. The van der Waals surface area contributed by atoms with Gasteiger partial charge in [-0.15, -0.1) is 0 Å². The van der Waals surface area contributed by atoms with Gasteiger partial charge in [0.2, 0.25) is 5.91 Å². The molecule has 1 aromatic heterocycles. The minimum Gasteiger partial charge on any atom is -0.481 e. The first kappa shape index (κ1) is 18.3. The molecule has 2 heterocycles. The van der Waals surface area contributed by atoms with Crippen molar-refractivity contribution in [3.05, 3.63) is 74.7 Å². The number of carboxylic acids is 1. The summed E-state index contributed by atoms with van der Waals surface area (Å²) in [5.41, 5.74) is -0.00958. The first-order chi connectivity index (χ1) is 12.9. The van der Waals surface area contributed by atoms with Crippen LogP contribution in [0, 0.1) is 16.0 Å². The Morgan fingerprint density at radius 3 is 2.48 bits per heavy atom. The Bertz CT molecular complexity index is 940. The summed E-state index contributed by atoms with van der Waals surface area (Å²) in [6.45, 7) is -0.144. The number of likely N-dealkylation sites (tertiary alicyclic amines) is 1. The zero-order valence-electron chi connectivity index (χ0n) is 14.2. The standard InChI is InChI=1S/C18H17N3O6/c22-16-7-6-13(21(26)27)8-19(16)11-17(23)20-9-14(15(10-20)18(24)25)12-4-2-1-3-5-12/h1-8,14-15H,9-11H2,(H,24,25)/t14-,15-/m1/s1. The van der Waals surface area contributed by atoms with Crippen LogP contribution in [0.5, 0.6) is 0 Å². The molecule has 9 nitrogen and oxygen atoms in total. The van der Waals surface area contributed by atoms with Crippen molar-refractivity contribution in [3.63, 3.8) is 0 Å². The smallest absolute Gasteiger partial charge is 0.308 e. The molecule has 9 heteroatoms. The Labute approximate surface area is 153 Å². The normalized spacial score (nSPS) is 19.0. The second-order valence-corrected chi connectivity index (χ2v) is 6.37. The second kappa shape index (κ2) is 7.40. The third kappa shape index (κ3) is 3.86. The molecular weight excluding hydrogens is 354 g/mol. The molecule has 1 N–H and O–H groups in total. The summed E-state index contributed by atoms with van der Waals surface area (Å²) in [4.78, 5) is 47.7. The number of carboxylic acid groups (broad SMARTS) is 1. The number of amides is 1. The largest absolute Gasteiger partial charge is 0.481 e. The number of carbonyl (C=O) groups excluding carboxylic acids is 1. The molecule has 2 atom stereocenters. The highest BCUT2D eigenvalue weighted by molar-refractivity contribution is 5.79. The lowest BCUT2D eigenvalue weighted by atomic mass is 9.89. The van der Waals surface area contributed by atoms with Crippen molar-refractivity contribution in [2.24, 2.45) is 5.92 Å². The van der Waals surface area contributed by atoms with Crippen molar-refractivity contribution in [3.8, 4) is 0 Å². The first-order valence-electron chi connectivity index (χ1n) is 8.27. The number of nitro groups is 1. The summed E-state index contributed by atoms with van der Waals surface area (Å²) < 4.78 is 0.964. The summed E-state index contributed by atoms with van der Waals surface area (Å²) in [6.07, 6.45) is 1.01. The maximum absolute atomic E-state index is 12.6. The highest BCUT2D eigenvalue weighted by atomic mass is 16.6. The molecule has 1 amide bonds. The van der Waals surface area contributed by atoms with Gasteiger partial charge in [-0.3, -0.25) is 29.1 Å². The predicted octanol–water partition coefficient (Wildman–Crippen LogP) is 1.08. The molecular formula is C18H17N3O6. The Balaban J connectivity index is 1.80. The number of hydrogen-bond donors (Lipinski definition) is 1. The molecule has 1 fully saturated rings. The zero-order chi connectivity index (χ0) is 19.6. The van der Waals surface area contributed by atoms with Crippen LogP contribution in [0.3, 0.4) is 0 Å². The lowest BCUT2D eigenvalue weighted by Crippen LogP contribution is -2.35. The second-order valence-electron chi connectivity index (χ2n) is 6.37. The van der Waals surface area contributed by atoms with E-state index >= 15 is 0 Å². The summed E-state index contributed by atoms with van der Waals surface area (Å²) in [6, 6.07) is 11.2. The van der Waals surface area contributed by atoms with Crippen molar-refractivity contribution in [2.75, 3.05) is 13.1 Å². The van der Waals surface area contributed by atoms with Crippen LogP contribution >= 0.6 is 0 Å². The van der Waals surface area contributed by atoms with E-state index in [1.807, 2.05) is 18.2 Å². The molecule has 140 valence electrons. The van der Waals surface area contributed by atoms with E-state index in [-0.39, 0.29) is 31.2 Å². The van der Waals surface area contributed by atoms with Gasteiger partial charge >= 0.3 is 5.97 Å². The van der Waals surface area contributed by atoms with Gasteiger partial charge in [0.1, 0.15) is 6.54 Å². The highest BCUT2D eigenvalue weighted by Crippen LogP contribution is 2.33. The minimum atomic E-state index is -0.994. The van der Waals surface area contributed by atoms with E-state index in [0.717, 1.165) is 28.5 Å². The van der Waals surface area contributed by atoms with E-state index in [1.54, 1.807) is 12.1 Å². The SMILES string of the molecule is O=C(O)[C@@H]1CN(C(=O)Cn2cc([N+](=O)[O-])ccc2=O)C[C@@H]1c1ccccc1. The molecule has 1 aliphatic heterocycles. The van der Waals surface area contributed by atoms with Gasteiger partial charge in [0, 0.05) is 31.1 Å². The van der Waals surface area contributed by atoms with Gasteiger partial charge in [-0.05, 0) is 5.56 Å². The summed E-state index contributed by atoms with van der Waals surface area (Å²) in [5.74, 6) is -2.55. The van der Waals surface area contributed by atoms with Gasteiger partial charge in [0.25, 0.3) is 11.2 Å². The Morgan fingerprint density at radius 1 is 1.15 bits per heavy atom. The molecule has 0 radical (unpaired) electrons. The fourth-order valence-corrected chi connectivity index (χ4v) is 3.29. The van der Waals surface area contributed by atoms with Gasteiger partial charge in [-0.2, -0.15) is 0 Å². The molecule has 1 saturated heterocycles. The molecule has 0 aliphatic carbocycles. The topological polar surface area (TPSA) is 123 Å². The van der Waals surface area contributed by atoms with Gasteiger partial charge < -0.3 is 10.0 Å². The Morgan fingerprint density at radius 2 is 1.85 bits per heavy atom. The summed E-state index contributed by atoms with van der Waals surface area (Å²) in [5, 5.41) is 20.4. The van der Waals surface area contributed by atoms with Crippen molar-refractivity contribution in [1.29, 1.82) is 0 Å². The molecule has 1 aliphatic rings. The predicted molar refractivity (Wildman–Crippen MR) is 94.2 cm³/mol. The molecule has 1 aromatic carbocycles. The van der Waals surface area contributed by atoms with E-state index in [4.69, 9.17) is 0 Å². The quantitative estimate of drug-likeness (QED) is 0.620. The number of aromatic nitrogens is 1. The van der Waals surface area contributed by atoms with Crippen LogP contribution in [0.1, 0.15) is 11.5 Å². The monoisotopic (exact) mass is 371 g/mol. The average molecular weight is 371 g/mol. The average Bonchev–Trinajstić information content (AvgIpc) is 3.10. The van der Waals surface area contributed by atoms with Crippen molar-refractivity contribution in [2.45, 2.75) is 12.5 Å². The Kier molecular flexibility index (Phi) is 5.02. The van der Waals surface area contributed by atoms with E-state index < -0.39 is 28.3 Å². The third-order valence-electron chi connectivity index (χ3n) is 4.70. The molecule has 0 saturated carbocycles. The Hall–Kier alpha value is -3.49. The van der Waals surface area contributed by atoms with Crippen LogP contribution in [0.15, 0.2) is 53.5 Å². The summed E-state index contributed by atoms with van der Waals surface area (Å²) in [7, 11) is 0.